The van der Waals surface area contributed by atoms with Crippen molar-refractivity contribution in [3.63, 3.8) is 0 Å². The summed E-state index contributed by atoms with van der Waals surface area (Å²) in [6.07, 6.45) is 2.11. The van der Waals surface area contributed by atoms with Gasteiger partial charge in [0.1, 0.15) is 11.4 Å². The van der Waals surface area contributed by atoms with Crippen molar-refractivity contribution in [2.45, 2.75) is 50.7 Å². The van der Waals surface area contributed by atoms with E-state index in [4.69, 9.17) is 16.2 Å². The van der Waals surface area contributed by atoms with Gasteiger partial charge in [0, 0.05) is 12.6 Å². The van der Waals surface area contributed by atoms with Crippen LogP contribution >= 0.6 is 0 Å². The molecule has 5 rings (SSSR count). The average molecular weight is 511 g/mol. The van der Waals surface area contributed by atoms with Crippen molar-refractivity contribution < 1.29 is 28.7 Å². The van der Waals surface area contributed by atoms with Crippen LogP contribution in [0.3, 0.4) is 0 Å². The topological polar surface area (TPSA) is 168 Å². The summed E-state index contributed by atoms with van der Waals surface area (Å²) in [6, 6.07) is 7.37. The Labute approximate surface area is 213 Å². The van der Waals surface area contributed by atoms with Crippen molar-refractivity contribution in [1.82, 2.24) is 20.0 Å². The van der Waals surface area contributed by atoms with E-state index in [1.54, 1.807) is 29.2 Å². The number of hydrogen-bond donors (Lipinski definition) is 3. The summed E-state index contributed by atoms with van der Waals surface area (Å²) in [5.41, 5.74) is 10.5. The predicted octanol–water partition coefficient (Wildman–Crippen LogP) is 0.376. The molecule has 12 heteroatoms. The molecule has 3 saturated heterocycles. The Hall–Kier alpha value is -3.93. The fraction of sp³-hybridized carbons (Fsp3) is 0.480. The molecule has 0 atom stereocenters. The Morgan fingerprint density at radius 3 is 2.24 bits per heavy atom. The van der Waals surface area contributed by atoms with E-state index in [2.05, 4.69) is 5.32 Å². The Morgan fingerprint density at radius 2 is 1.68 bits per heavy atom. The highest BCUT2D eigenvalue weighted by Gasteiger charge is 2.59. The molecule has 0 radical (unpaired) electrons. The number of nitrogens with one attached hydrogen (secondary N) is 1. The number of carbonyl (C=O) groups excluding carboxylic acids is 5. The molecule has 0 unspecified atom stereocenters. The highest BCUT2D eigenvalue weighted by atomic mass is 16.5. The van der Waals surface area contributed by atoms with E-state index in [0.717, 1.165) is 15.4 Å². The van der Waals surface area contributed by atoms with E-state index in [9.17, 15) is 24.0 Å². The molecular formula is C25H30N6O6. The van der Waals surface area contributed by atoms with Gasteiger partial charge in [-0.3, -0.25) is 29.5 Å². The lowest BCUT2D eigenvalue weighted by atomic mass is 9.72. The number of urea groups is 2. The lowest BCUT2D eigenvalue weighted by Gasteiger charge is -2.48. The van der Waals surface area contributed by atoms with E-state index >= 15 is 0 Å². The zero-order chi connectivity index (χ0) is 26.5. The minimum absolute atomic E-state index is 0.0221. The summed E-state index contributed by atoms with van der Waals surface area (Å²) in [6.45, 7) is 2.69. The van der Waals surface area contributed by atoms with Gasteiger partial charge in [0.15, 0.2) is 5.54 Å². The highest BCUT2D eigenvalue weighted by molar-refractivity contribution is 6.29. The minimum atomic E-state index is -0.952. The van der Waals surface area contributed by atoms with Crippen molar-refractivity contribution in [2.75, 3.05) is 19.8 Å². The Bertz CT molecular complexity index is 1200. The van der Waals surface area contributed by atoms with E-state index < -0.39 is 46.9 Å². The molecule has 0 bridgehead atoms. The third-order valence-electron chi connectivity index (χ3n) is 7.95. The minimum Gasteiger partial charge on any atom is -0.385 e. The van der Waals surface area contributed by atoms with Gasteiger partial charge in [-0.1, -0.05) is 37.3 Å². The fourth-order valence-corrected chi connectivity index (χ4v) is 5.63. The van der Waals surface area contributed by atoms with Crippen LogP contribution in [-0.2, 0) is 25.7 Å². The number of carbonyl (C=O) groups is 5. The zero-order valence-electron chi connectivity index (χ0n) is 20.6. The van der Waals surface area contributed by atoms with E-state index in [1.807, 2.05) is 13.0 Å². The summed E-state index contributed by atoms with van der Waals surface area (Å²) in [5.74, 6) is -2.37. The number of imide groups is 3. The monoisotopic (exact) mass is 510 g/mol. The molecule has 4 fully saturated rings. The molecular weight excluding hydrogens is 480 g/mol. The summed E-state index contributed by atoms with van der Waals surface area (Å²) in [4.78, 5) is 68.3. The molecule has 37 heavy (non-hydrogen) atoms. The van der Waals surface area contributed by atoms with Crippen molar-refractivity contribution >= 4 is 29.8 Å². The number of nitrogens with zero attached hydrogens (tertiary/aromatic N) is 3. The summed E-state index contributed by atoms with van der Waals surface area (Å²) < 4.78 is 5.25. The maximum absolute atomic E-state index is 13.5. The molecule has 1 aliphatic carbocycles. The van der Waals surface area contributed by atoms with Crippen molar-refractivity contribution in [3.8, 4) is 0 Å². The lowest BCUT2D eigenvalue weighted by Crippen LogP contribution is -2.65. The van der Waals surface area contributed by atoms with Gasteiger partial charge in [0.25, 0.3) is 17.7 Å². The molecule has 7 amide bonds. The van der Waals surface area contributed by atoms with Crippen LogP contribution in [0.5, 0.6) is 0 Å². The zero-order valence-corrected chi connectivity index (χ0v) is 20.6. The quantitative estimate of drug-likeness (QED) is 0.290. The normalized spacial score (nSPS) is 27.6. The molecule has 1 aromatic rings. The van der Waals surface area contributed by atoms with Crippen LogP contribution in [0.25, 0.3) is 0 Å². The first-order chi connectivity index (χ1) is 17.6. The van der Waals surface area contributed by atoms with Gasteiger partial charge < -0.3 is 21.1 Å². The van der Waals surface area contributed by atoms with Gasteiger partial charge in [-0.2, -0.15) is 0 Å². The second kappa shape index (κ2) is 8.87. The van der Waals surface area contributed by atoms with Crippen LogP contribution < -0.4 is 16.8 Å². The van der Waals surface area contributed by atoms with E-state index in [1.165, 1.54) is 0 Å². The van der Waals surface area contributed by atoms with Crippen LogP contribution in [0.2, 0.25) is 0 Å². The van der Waals surface area contributed by atoms with Crippen molar-refractivity contribution in [2.24, 2.45) is 16.9 Å². The molecule has 3 heterocycles. The maximum atomic E-state index is 13.5. The first-order valence-corrected chi connectivity index (χ1v) is 12.3. The molecule has 3 aliphatic heterocycles. The number of barbiturate groups is 1. The largest absolute Gasteiger partial charge is 0.385 e. The van der Waals surface area contributed by atoms with Crippen molar-refractivity contribution in [3.05, 3.63) is 47.3 Å². The van der Waals surface area contributed by atoms with Crippen LogP contribution in [-0.4, -0.2) is 75.8 Å². The SMILES string of the molecule is CC1(CN2C(=O)NC(=O)C23COC3)CCC(N2C(=O)C(=C(N)N)C(=O)N(Cc3ccccc3)C2=O)CC1. The maximum Gasteiger partial charge on any atom is 0.334 e. The second-order valence-corrected chi connectivity index (χ2v) is 10.6. The predicted molar refractivity (Wildman–Crippen MR) is 129 cm³/mol. The Kier molecular flexibility index (Phi) is 5.94. The third kappa shape index (κ3) is 4.01. The van der Waals surface area contributed by atoms with E-state index in [-0.39, 0.29) is 31.1 Å². The number of benzene rings is 1. The van der Waals surface area contributed by atoms with Crippen LogP contribution in [0.4, 0.5) is 9.59 Å². The summed E-state index contributed by atoms with van der Waals surface area (Å²) in [7, 11) is 0. The second-order valence-electron chi connectivity index (χ2n) is 10.6. The molecule has 196 valence electrons. The molecule has 0 aromatic heterocycles. The first-order valence-electron chi connectivity index (χ1n) is 12.3. The Morgan fingerprint density at radius 1 is 1.03 bits per heavy atom. The third-order valence-corrected chi connectivity index (χ3v) is 7.95. The van der Waals surface area contributed by atoms with Crippen LogP contribution in [0.15, 0.2) is 41.7 Å². The number of hydrogen-bond acceptors (Lipinski definition) is 8. The average Bonchev–Trinajstić information content (AvgIpc) is 3.07. The Balaban J connectivity index is 1.33. The first kappa shape index (κ1) is 24.8. The van der Waals surface area contributed by atoms with Crippen LogP contribution in [0, 0.1) is 5.41 Å². The number of rotatable bonds is 5. The van der Waals surface area contributed by atoms with Gasteiger partial charge in [-0.05, 0) is 36.7 Å². The number of amides is 7. The summed E-state index contributed by atoms with van der Waals surface area (Å²) in [5, 5.41) is 2.39. The van der Waals surface area contributed by atoms with Gasteiger partial charge in [0.05, 0.1) is 19.8 Å². The molecule has 1 spiro atoms. The lowest BCUT2D eigenvalue weighted by molar-refractivity contribution is -0.157. The highest BCUT2D eigenvalue weighted by Crippen LogP contribution is 2.42. The van der Waals surface area contributed by atoms with Crippen molar-refractivity contribution in [1.29, 1.82) is 0 Å². The van der Waals surface area contributed by atoms with E-state index in [0.29, 0.717) is 32.2 Å². The standard InChI is InChI=1S/C25H30N6O6/c1-24(12-30-22(35)28-21(34)25(30)13-37-14-25)9-7-16(8-10-24)31-20(33)17(18(26)27)19(32)29(23(31)36)11-15-5-3-2-4-6-15/h2-6,16H,7-14,26-27H2,1H3,(H,28,34,35). The van der Waals surface area contributed by atoms with Crippen LogP contribution in [0.1, 0.15) is 38.2 Å². The molecule has 1 aromatic carbocycles. The van der Waals surface area contributed by atoms with Gasteiger partial charge in [-0.25, -0.2) is 9.59 Å². The molecule has 5 N–H and O–H groups in total. The molecule has 4 aliphatic rings. The molecule has 12 nitrogen and oxygen atoms in total. The van der Waals surface area contributed by atoms with Gasteiger partial charge >= 0.3 is 12.1 Å². The smallest absolute Gasteiger partial charge is 0.334 e. The van der Waals surface area contributed by atoms with Gasteiger partial charge in [0.2, 0.25) is 0 Å². The number of ether oxygens (including phenoxy) is 1. The summed E-state index contributed by atoms with van der Waals surface area (Å²) >= 11 is 0. The fourth-order valence-electron chi connectivity index (χ4n) is 5.63. The number of nitrogens with two attached hydrogens (primary N) is 2. The van der Waals surface area contributed by atoms with Gasteiger partial charge in [-0.15, -0.1) is 0 Å². The molecule has 1 saturated carbocycles.